The molecule has 1 aliphatic rings. The summed E-state index contributed by atoms with van der Waals surface area (Å²) in [6, 6.07) is 2.55. The Kier molecular flexibility index (Phi) is 5.68. The number of nitrogens with zero attached hydrogens (tertiary/aromatic N) is 3. The molecule has 0 saturated carbocycles. The van der Waals surface area contributed by atoms with Crippen molar-refractivity contribution in [3.05, 3.63) is 18.0 Å². The van der Waals surface area contributed by atoms with Gasteiger partial charge < -0.3 is 15.0 Å². The molecule has 1 aliphatic heterocycles. The number of rotatable bonds is 5. The molecule has 1 aromatic rings. The fourth-order valence-corrected chi connectivity index (χ4v) is 3.08. The summed E-state index contributed by atoms with van der Waals surface area (Å²) in [5, 5.41) is 7.72. The van der Waals surface area contributed by atoms with E-state index in [9.17, 15) is 4.79 Å². The lowest BCUT2D eigenvalue weighted by Crippen LogP contribution is -2.41. The molecule has 6 nitrogen and oxygen atoms in total. The van der Waals surface area contributed by atoms with Crippen molar-refractivity contribution in [1.82, 2.24) is 20.0 Å². The smallest absolute Gasteiger partial charge is 0.410 e. The van der Waals surface area contributed by atoms with E-state index in [1.165, 1.54) is 5.69 Å². The van der Waals surface area contributed by atoms with Gasteiger partial charge in [0, 0.05) is 31.9 Å². The quantitative estimate of drug-likeness (QED) is 0.905. The van der Waals surface area contributed by atoms with Crippen LogP contribution >= 0.6 is 0 Å². The molecule has 23 heavy (non-hydrogen) atoms. The molecular formula is C17H30N4O2. The molecule has 2 atom stereocenters. The van der Waals surface area contributed by atoms with Crippen LogP contribution in [-0.4, -0.2) is 45.5 Å². The van der Waals surface area contributed by atoms with Crippen molar-refractivity contribution in [3.8, 4) is 0 Å². The third-order valence-electron chi connectivity index (χ3n) is 4.24. The lowest BCUT2D eigenvalue weighted by atomic mass is 10.1. The highest BCUT2D eigenvalue weighted by molar-refractivity contribution is 5.68. The third-order valence-corrected chi connectivity index (χ3v) is 4.24. The first kappa shape index (κ1) is 17.8. The SMILES string of the molecule is CC(NCCC1CCCN1C(=O)OC(C)(C)C)c1ccnn1C. The molecule has 0 bridgehead atoms. The van der Waals surface area contributed by atoms with Gasteiger partial charge in [-0.05, 0) is 59.6 Å². The van der Waals surface area contributed by atoms with Crippen molar-refractivity contribution in [1.29, 1.82) is 0 Å². The van der Waals surface area contributed by atoms with Crippen LogP contribution in [0.4, 0.5) is 4.79 Å². The summed E-state index contributed by atoms with van der Waals surface area (Å²) in [5.41, 5.74) is 0.733. The molecule has 1 aromatic heterocycles. The normalized spacial score (nSPS) is 19.9. The van der Waals surface area contributed by atoms with Gasteiger partial charge in [0.25, 0.3) is 0 Å². The minimum Gasteiger partial charge on any atom is -0.444 e. The van der Waals surface area contributed by atoms with Crippen molar-refractivity contribution in [2.75, 3.05) is 13.1 Å². The van der Waals surface area contributed by atoms with Crippen LogP contribution in [0.1, 0.15) is 58.7 Å². The topological polar surface area (TPSA) is 59.4 Å². The van der Waals surface area contributed by atoms with Crippen molar-refractivity contribution in [2.45, 2.75) is 64.6 Å². The van der Waals surface area contributed by atoms with Crippen LogP contribution in [0.25, 0.3) is 0 Å². The van der Waals surface area contributed by atoms with Gasteiger partial charge in [-0.25, -0.2) is 4.79 Å². The van der Waals surface area contributed by atoms with Gasteiger partial charge in [-0.2, -0.15) is 5.10 Å². The van der Waals surface area contributed by atoms with E-state index in [0.29, 0.717) is 0 Å². The van der Waals surface area contributed by atoms with Crippen molar-refractivity contribution in [3.63, 3.8) is 0 Å². The van der Waals surface area contributed by atoms with Crippen LogP contribution < -0.4 is 5.32 Å². The molecular weight excluding hydrogens is 292 g/mol. The number of hydrogen-bond donors (Lipinski definition) is 1. The second kappa shape index (κ2) is 7.34. The van der Waals surface area contributed by atoms with Gasteiger partial charge >= 0.3 is 6.09 Å². The minimum atomic E-state index is -0.434. The standard InChI is InChI=1S/C17H30N4O2/c1-13(15-9-11-19-20(15)5)18-10-8-14-7-6-12-21(14)16(22)23-17(2,3)4/h9,11,13-14,18H,6-8,10,12H2,1-5H3. The average Bonchev–Trinajstić information content (AvgIpc) is 3.05. The number of aromatic nitrogens is 2. The Morgan fingerprint density at radius 2 is 2.26 bits per heavy atom. The fourth-order valence-electron chi connectivity index (χ4n) is 3.08. The molecule has 2 unspecified atom stereocenters. The molecule has 2 rings (SSSR count). The molecule has 2 heterocycles. The largest absolute Gasteiger partial charge is 0.444 e. The number of carbonyl (C=O) groups excluding carboxylic acids is 1. The van der Waals surface area contributed by atoms with Gasteiger partial charge in [0.15, 0.2) is 0 Å². The van der Waals surface area contributed by atoms with E-state index in [1.54, 1.807) is 0 Å². The Morgan fingerprint density at radius 3 is 2.87 bits per heavy atom. The van der Waals surface area contributed by atoms with Crippen molar-refractivity contribution < 1.29 is 9.53 Å². The van der Waals surface area contributed by atoms with E-state index in [-0.39, 0.29) is 18.2 Å². The number of carbonyl (C=O) groups is 1. The molecule has 0 spiro atoms. The van der Waals surface area contributed by atoms with Gasteiger partial charge in [-0.15, -0.1) is 0 Å². The van der Waals surface area contributed by atoms with E-state index in [4.69, 9.17) is 4.74 Å². The zero-order valence-corrected chi connectivity index (χ0v) is 15.0. The Labute approximate surface area is 139 Å². The average molecular weight is 322 g/mol. The minimum absolute atomic E-state index is 0.181. The first-order chi connectivity index (χ1) is 10.8. The van der Waals surface area contributed by atoms with E-state index in [2.05, 4.69) is 17.3 Å². The number of nitrogens with one attached hydrogen (secondary N) is 1. The molecule has 1 N–H and O–H groups in total. The van der Waals surface area contributed by atoms with Gasteiger partial charge in [-0.1, -0.05) is 0 Å². The fraction of sp³-hybridized carbons (Fsp3) is 0.765. The highest BCUT2D eigenvalue weighted by Gasteiger charge is 2.31. The van der Waals surface area contributed by atoms with Crippen LogP contribution in [0.5, 0.6) is 0 Å². The Balaban J connectivity index is 1.80. The summed E-state index contributed by atoms with van der Waals surface area (Å²) in [5.74, 6) is 0. The van der Waals surface area contributed by atoms with Crippen molar-refractivity contribution >= 4 is 6.09 Å². The second-order valence-corrected chi connectivity index (χ2v) is 7.31. The number of aryl methyl sites for hydroxylation is 1. The zero-order chi connectivity index (χ0) is 17.0. The lowest BCUT2D eigenvalue weighted by Gasteiger charge is -2.29. The predicted molar refractivity (Wildman–Crippen MR) is 90.2 cm³/mol. The van der Waals surface area contributed by atoms with Gasteiger partial charge in [0.05, 0.1) is 5.69 Å². The number of ether oxygens (including phenoxy) is 1. The zero-order valence-electron chi connectivity index (χ0n) is 15.0. The van der Waals surface area contributed by atoms with E-state index < -0.39 is 5.60 Å². The van der Waals surface area contributed by atoms with Crippen LogP contribution in [-0.2, 0) is 11.8 Å². The molecule has 1 amide bonds. The van der Waals surface area contributed by atoms with Crippen LogP contribution in [0, 0.1) is 0 Å². The molecule has 0 aromatic carbocycles. The maximum absolute atomic E-state index is 12.3. The lowest BCUT2D eigenvalue weighted by molar-refractivity contribution is 0.0220. The van der Waals surface area contributed by atoms with Gasteiger partial charge in [-0.3, -0.25) is 4.68 Å². The highest BCUT2D eigenvalue weighted by atomic mass is 16.6. The van der Waals surface area contributed by atoms with E-state index >= 15 is 0 Å². The van der Waals surface area contributed by atoms with Gasteiger partial charge in [0.1, 0.15) is 5.60 Å². The molecule has 130 valence electrons. The predicted octanol–water partition coefficient (Wildman–Crippen LogP) is 2.86. The molecule has 1 saturated heterocycles. The first-order valence-electron chi connectivity index (χ1n) is 8.49. The summed E-state index contributed by atoms with van der Waals surface area (Å²) in [4.78, 5) is 14.2. The second-order valence-electron chi connectivity index (χ2n) is 7.31. The number of amides is 1. The summed E-state index contributed by atoms with van der Waals surface area (Å²) in [7, 11) is 1.95. The summed E-state index contributed by atoms with van der Waals surface area (Å²) in [6.45, 7) is 9.54. The Hall–Kier alpha value is -1.56. The maximum atomic E-state index is 12.3. The Morgan fingerprint density at radius 1 is 1.52 bits per heavy atom. The summed E-state index contributed by atoms with van der Waals surface area (Å²) >= 11 is 0. The van der Waals surface area contributed by atoms with Gasteiger partial charge in [0.2, 0.25) is 0 Å². The van der Waals surface area contributed by atoms with Crippen LogP contribution in [0.15, 0.2) is 12.3 Å². The molecule has 0 radical (unpaired) electrons. The van der Waals surface area contributed by atoms with E-state index in [0.717, 1.165) is 32.4 Å². The number of likely N-dealkylation sites (tertiary alicyclic amines) is 1. The summed E-state index contributed by atoms with van der Waals surface area (Å²) in [6.07, 6.45) is 4.69. The first-order valence-corrected chi connectivity index (χ1v) is 8.49. The number of hydrogen-bond acceptors (Lipinski definition) is 4. The van der Waals surface area contributed by atoms with Crippen LogP contribution in [0.3, 0.4) is 0 Å². The van der Waals surface area contributed by atoms with E-state index in [1.807, 2.05) is 49.7 Å². The maximum Gasteiger partial charge on any atom is 0.410 e. The van der Waals surface area contributed by atoms with Crippen LogP contribution in [0.2, 0.25) is 0 Å². The monoisotopic (exact) mass is 322 g/mol. The third kappa shape index (κ3) is 4.96. The highest BCUT2D eigenvalue weighted by Crippen LogP contribution is 2.23. The Bertz CT molecular complexity index is 521. The summed E-state index contributed by atoms with van der Waals surface area (Å²) < 4.78 is 7.40. The molecule has 1 fully saturated rings. The molecule has 0 aliphatic carbocycles. The molecule has 6 heteroatoms. The van der Waals surface area contributed by atoms with Crippen molar-refractivity contribution in [2.24, 2.45) is 7.05 Å².